The Kier molecular flexibility index (Phi) is 7.03. The van der Waals surface area contributed by atoms with E-state index < -0.39 is 6.04 Å². The Balaban J connectivity index is 1.56. The number of carbonyl (C=O) groups excluding carboxylic acids is 2. The third kappa shape index (κ3) is 5.06. The van der Waals surface area contributed by atoms with E-state index in [1.165, 1.54) is 42.6 Å². The Bertz CT molecular complexity index is 1030. The molecular formula is C27H35N3O3. The van der Waals surface area contributed by atoms with Crippen molar-refractivity contribution in [3.8, 4) is 5.75 Å². The first-order valence-electron chi connectivity index (χ1n) is 11.9. The second kappa shape index (κ2) is 9.96. The van der Waals surface area contributed by atoms with Crippen LogP contribution in [0.1, 0.15) is 47.9 Å². The number of hydrogen-bond acceptors (Lipinski definition) is 4. The summed E-state index contributed by atoms with van der Waals surface area (Å²) in [5, 5.41) is 0. The van der Waals surface area contributed by atoms with Crippen LogP contribution in [0, 0.1) is 6.92 Å². The largest absolute Gasteiger partial charge is 0.497 e. The van der Waals surface area contributed by atoms with E-state index in [1.807, 2.05) is 18.2 Å². The van der Waals surface area contributed by atoms with Crippen molar-refractivity contribution < 1.29 is 14.3 Å². The van der Waals surface area contributed by atoms with Crippen molar-refractivity contribution in [1.29, 1.82) is 0 Å². The lowest BCUT2D eigenvalue weighted by molar-refractivity contribution is -0.132. The quantitative estimate of drug-likeness (QED) is 0.646. The third-order valence-corrected chi connectivity index (χ3v) is 7.16. The van der Waals surface area contributed by atoms with E-state index in [4.69, 9.17) is 4.74 Å². The molecule has 0 aliphatic carbocycles. The molecule has 0 N–H and O–H groups in total. The molecule has 6 heteroatoms. The van der Waals surface area contributed by atoms with Crippen molar-refractivity contribution >= 4 is 17.5 Å². The van der Waals surface area contributed by atoms with Gasteiger partial charge in [-0.15, -0.1) is 0 Å². The van der Waals surface area contributed by atoms with Gasteiger partial charge in [0.25, 0.3) is 0 Å². The first-order chi connectivity index (χ1) is 15.9. The Morgan fingerprint density at radius 3 is 2.48 bits per heavy atom. The standard InChI is InChI=1S/C27H35N3O3/c1-19-15-20(7-8-22(19)18-30-13-5-6-14-30)16-21-9-10-23(33-4)17-25(21)29(3)27(32)24-11-12-26(31)28(24)2/h7-10,15,17,24H,5-6,11-14,16,18H2,1-4H3. The predicted molar refractivity (Wildman–Crippen MR) is 131 cm³/mol. The maximum absolute atomic E-state index is 13.3. The second-order valence-electron chi connectivity index (χ2n) is 9.37. The molecule has 6 nitrogen and oxygen atoms in total. The molecule has 0 spiro atoms. The molecule has 0 aromatic heterocycles. The summed E-state index contributed by atoms with van der Waals surface area (Å²) in [5.41, 5.74) is 5.80. The molecule has 0 bridgehead atoms. The Hall–Kier alpha value is -2.86. The van der Waals surface area contributed by atoms with Crippen LogP contribution in [0.5, 0.6) is 5.75 Å². The molecule has 2 fully saturated rings. The van der Waals surface area contributed by atoms with Crippen molar-refractivity contribution in [3.05, 3.63) is 58.7 Å². The van der Waals surface area contributed by atoms with Crippen LogP contribution in [0.3, 0.4) is 0 Å². The van der Waals surface area contributed by atoms with E-state index in [2.05, 4.69) is 30.0 Å². The summed E-state index contributed by atoms with van der Waals surface area (Å²) in [5.74, 6) is 0.675. The molecule has 1 unspecified atom stereocenters. The maximum Gasteiger partial charge on any atom is 0.249 e. The number of carbonyl (C=O) groups is 2. The summed E-state index contributed by atoms with van der Waals surface area (Å²) in [6.07, 6.45) is 4.31. The number of ether oxygens (including phenoxy) is 1. The lowest BCUT2D eigenvalue weighted by atomic mass is 9.98. The Morgan fingerprint density at radius 2 is 1.85 bits per heavy atom. The SMILES string of the molecule is COc1ccc(Cc2ccc(CN3CCCC3)c(C)c2)c(N(C)C(=O)C2CCC(=O)N2C)c1. The molecule has 2 aromatic rings. The summed E-state index contributed by atoms with van der Waals surface area (Å²) in [6.45, 7) is 5.59. The highest BCUT2D eigenvalue weighted by Crippen LogP contribution is 2.30. The number of aryl methyl sites for hydroxylation is 1. The van der Waals surface area contributed by atoms with Gasteiger partial charge in [0, 0.05) is 33.1 Å². The molecule has 2 amide bonds. The van der Waals surface area contributed by atoms with Gasteiger partial charge in [-0.1, -0.05) is 24.3 Å². The summed E-state index contributed by atoms with van der Waals surface area (Å²) in [6, 6.07) is 12.2. The van der Waals surface area contributed by atoms with Crippen LogP contribution in [-0.4, -0.2) is 62.0 Å². The summed E-state index contributed by atoms with van der Waals surface area (Å²) in [7, 11) is 5.14. The van der Waals surface area contributed by atoms with Crippen LogP contribution in [0.4, 0.5) is 5.69 Å². The van der Waals surface area contributed by atoms with Crippen molar-refractivity contribution in [2.75, 3.05) is 39.2 Å². The molecular weight excluding hydrogens is 414 g/mol. The number of benzene rings is 2. The van der Waals surface area contributed by atoms with Gasteiger partial charge in [0.2, 0.25) is 11.8 Å². The van der Waals surface area contributed by atoms with Gasteiger partial charge < -0.3 is 14.5 Å². The van der Waals surface area contributed by atoms with E-state index in [0.717, 1.165) is 24.2 Å². The van der Waals surface area contributed by atoms with Crippen molar-refractivity contribution in [1.82, 2.24) is 9.80 Å². The first-order valence-corrected chi connectivity index (χ1v) is 11.9. The van der Waals surface area contributed by atoms with Crippen LogP contribution in [0.15, 0.2) is 36.4 Å². The molecule has 1 atom stereocenters. The number of rotatable bonds is 7. The third-order valence-electron chi connectivity index (χ3n) is 7.16. The highest BCUT2D eigenvalue weighted by molar-refractivity contribution is 6.01. The zero-order valence-electron chi connectivity index (χ0n) is 20.3. The molecule has 2 saturated heterocycles. The van der Waals surface area contributed by atoms with Gasteiger partial charge in [-0.2, -0.15) is 0 Å². The smallest absolute Gasteiger partial charge is 0.249 e. The highest BCUT2D eigenvalue weighted by atomic mass is 16.5. The zero-order chi connectivity index (χ0) is 23.5. The summed E-state index contributed by atoms with van der Waals surface area (Å²) in [4.78, 5) is 31.0. The highest BCUT2D eigenvalue weighted by Gasteiger charge is 2.35. The molecule has 4 rings (SSSR count). The van der Waals surface area contributed by atoms with Crippen LogP contribution < -0.4 is 9.64 Å². The fourth-order valence-electron chi connectivity index (χ4n) is 5.01. The van der Waals surface area contributed by atoms with Crippen molar-refractivity contribution in [3.63, 3.8) is 0 Å². The van der Waals surface area contributed by atoms with Crippen LogP contribution in [0.2, 0.25) is 0 Å². The molecule has 2 aromatic carbocycles. The number of methoxy groups -OCH3 is 1. The average molecular weight is 450 g/mol. The number of amides is 2. The van der Waals surface area contributed by atoms with E-state index in [9.17, 15) is 9.59 Å². The topological polar surface area (TPSA) is 53.1 Å². The fraction of sp³-hybridized carbons (Fsp3) is 0.481. The van der Waals surface area contributed by atoms with Gasteiger partial charge in [0.05, 0.1) is 12.8 Å². The Labute approximate surface area is 197 Å². The first kappa shape index (κ1) is 23.3. The van der Waals surface area contributed by atoms with Gasteiger partial charge in [-0.25, -0.2) is 0 Å². The second-order valence-corrected chi connectivity index (χ2v) is 9.37. The molecule has 33 heavy (non-hydrogen) atoms. The summed E-state index contributed by atoms with van der Waals surface area (Å²) >= 11 is 0. The van der Waals surface area contributed by atoms with Gasteiger partial charge in [-0.05, 0) is 74.0 Å². The lowest BCUT2D eigenvalue weighted by Crippen LogP contribution is -2.44. The average Bonchev–Trinajstić information content (AvgIpc) is 3.45. The minimum atomic E-state index is -0.409. The molecule has 2 aliphatic heterocycles. The summed E-state index contributed by atoms with van der Waals surface area (Å²) < 4.78 is 5.44. The van der Waals surface area contributed by atoms with Gasteiger partial charge in [0.15, 0.2) is 0 Å². The number of likely N-dealkylation sites (N-methyl/N-ethyl adjacent to an activating group) is 2. The van der Waals surface area contributed by atoms with Crippen LogP contribution in [0.25, 0.3) is 0 Å². The molecule has 176 valence electrons. The monoisotopic (exact) mass is 449 g/mol. The fourth-order valence-corrected chi connectivity index (χ4v) is 5.01. The lowest BCUT2D eigenvalue weighted by Gasteiger charge is -2.27. The van der Waals surface area contributed by atoms with Crippen molar-refractivity contribution in [2.45, 2.75) is 51.6 Å². The minimum Gasteiger partial charge on any atom is -0.497 e. The van der Waals surface area contributed by atoms with E-state index in [-0.39, 0.29) is 11.8 Å². The molecule has 0 saturated carbocycles. The molecule has 2 aliphatic rings. The number of hydrogen-bond donors (Lipinski definition) is 0. The van der Waals surface area contributed by atoms with E-state index in [0.29, 0.717) is 18.6 Å². The van der Waals surface area contributed by atoms with Crippen LogP contribution >= 0.6 is 0 Å². The van der Waals surface area contributed by atoms with Gasteiger partial charge in [0.1, 0.15) is 11.8 Å². The zero-order valence-corrected chi connectivity index (χ0v) is 20.3. The van der Waals surface area contributed by atoms with E-state index in [1.54, 1.807) is 31.0 Å². The number of anilines is 1. The maximum atomic E-state index is 13.3. The normalized spacial score (nSPS) is 18.7. The van der Waals surface area contributed by atoms with E-state index >= 15 is 0 Å². The predicted octanol–water partition coefficient (Wildman–Crippen LogP) is 3.77. The Morgan fingerprint density at radius 1 is 1.12 bits per heavy atom. The van der Waals surface area contributed by atoms with Crippen molar-refractivity contribution in [2.24, 2.45) is 0 Å². The number of likely N-dealkylation sites (tertiary alicyclic amines) is 2. The van der Waals surface area contributed by atoms with Crippen LogP contribution in [-0.2, 0) is 22.6 Å². The molecule has 0 radical (unpaired) electrons. The number of nitrogens with zero attached hydrogens (tertiary/aromatic N) is 3. The molecule has 2 heterocycles. The van der Waals surface area contributed by atoms with Gasteiger partial charge in [-0.3, -0.25) is 14.5 Å². The minimum absolute atomic E-state index is 0.0251. The van der Waals surface area contributed by atoms with Gasteiger partial charge >= 0.3 is 0 Å².